The highest BCUT2D eigenvalue weighted by Crippen LogP contribution is 2.27. The summed E-state index contributed by atoms with van der Waals surface area (Å²) in [6.07, 6.45) is 4.25. The van der Waals surface area contributed by atoms with Gasteiger partial charge in [0.1, 0.15) is 12.7 Å². The van der Waals surface area contributed by atoms with Crippen LogP contribution >= 0.6 is 10.7 Å². The highest BCUT2D eigenvalue weighted by molar-refractivity contribution is 8.13. The molecule has 118 valence electrons. The van der Waals surface area contributed by atoms with Crippen LogP contribution in [0.4, 0.5) is 5.82 Å². The molecule has 10 heteroatoms. The Hall–Kier alpha value is -2.52. The van der Waals surface area contributed by atoms with Gasteiger partial charge in [0, 0.05) is 16.2 Å². The number of nitrogens with zero attached hydrogens (tertiary/aromatic N) is 5. The number of nitrogens with two attached hydrogens (primary N) is 1. The highest BCUT2D eigenvalue weighted by Gasteiger charge is 2.15. The second-order valence-electron chi connectivity index (χ2n) is 4.72. The van der Waals surface area contributed by atoms with E-state index >= 15 is 0 Å². The van der Waals surface area contributed by atoms with Crippen LogP contribution in [0.3, 0.4) is 0 Å². The zero-order valence-electron chi connectivity index (χ0n) is 11.9. The van der Waals surface area contributed by atoms with E-state index < -0.39 is 9.05 Å². The van der Waals surface area contributed by atoms with E-state index in [1.807, 2.05) is 6.92 Å². The van der Waals surface area contributed by atoms with Crippen molar-refractivity contribution in [2.45, 2.75) is 11.8 Å². The summed E-state index contributed by atoms with van der Waals surface area (Å²) in [5.41, 5.74) is 7.67. The third-order valence-electron chi connectivity index (χ3n) is 3.18. The molecule has 8 nitrogen and oxygen atoms in total. The molecule has 23 heavy (non-hydrogen) atoms. The van der Waals surface area contributed by atoms with Gasteiger partial charge >= 0.3 is 0 Å². The van der Waals surface area contributed by atoms with Gasteiger partial charge in [-0.15, -0.1) is 0 Å². The molecule has 0 saturated carbocycles. The smallest absolute Gasteiger partial charge is 0.261 e. The molecule has 3 aromatic rings. The summed E-state index contributed by atoms with van der Waals surface area (Å²) in [5, 5.41) is 3.97. The molecule has 0 aliphatic heterocycles. The van der Waals surface area contributed by atoms with E-state index in [2.05, 4.69) is 20.1 Å². The van der Waals surface area contributed by atoms with Crippen LogP contribution < -0.4 is 5.73 Å². The lowest BCUT2D eigenvalue weighted by Gasteiger charge is -2.09. The Morgan fingerprint density at radius 1 is 1.30 bits per heavy atom. The first-order valence-electron chi connectivity index (χ1n) is 6.39. The molecule has 3 rings (SSSR count). The van der Waals surface area contributed by atoms with Crippen molar-refractivity contribution in [1.29, 1.82) is 0 Å². The highest BCUT2D eigenvalue weighted by atomic mass is 35.7. The van der Waals surface area contributed by atoms with Gasteiger partial charge in [-0.2, -0.15) is 9.78 Å². The molecule has 2 heterocycles. The molecular formula is C13H11ClN6O2S. The lowest BCUT2D eigenvalue weighted by Crippen LogP contribution is -2.06. The SMILES string of the molecule is Cc1ccc(S(=O)(=O)Cl)cc1-c1cnc(N)c(-n2cncn2)n1. The van der Waals surface area contributed by atoms with Crippen molar-refractivity contribution < 1.29 is 8.42 Å². The quantitative estimate of drug-likeness (QED) is 0.712. The van der Waals surface area contributed by atoms with E-state index in [1.54, 1.807) is 6.07 Å². The van der Waals surface area contributed by atoms with Crippen molar-refractivity contribution in [1.82, 2.24) is 24.7 Å². The maximum absolute atomic E-state index is 11.5. The van der Waals surface area contributed by atoms with Gasteiger partial charge in [0.05, 0.1) is 16.8 Å². The molecule has 0 atom stereocenters. The van der Waals surface area contributed by atoms with E-state index in [0.717, 1.165) is 5.56 Å². The van der Waals surface area contributed by atoms with Gasteiger partial charge in [-0.3, -0.25) is 0 Å². The molecule has 0 aliphatic carbocycles. The topological polar surface area (TPSA) is 117 Å². The summed E-state index contributed by atoms with van der Waals surface area (Å²) in [5.74, 6) is 0.483. The molecule has 0 spiro atoms. The number of halogens is 1. The average molecular weight is 351 g/mol. The van der Waals surface area contributed by atoms with Crippen LogP contribution in [0.15, 0.2) is 41.9 Å². The number of rotatable bonds is 3. The summed E-state index contributed by atoms with van der Waals surface area (Å²) < 4.78 is 24.4. The Bertz CT molecular complexity index is 972. The summed E-state index contributed by atoms with van der Waals surface area (Å²) >= 11 is 0. The Kier molecular flexibility index (Phi) is 3.74. The largest absolute Gasteiger partial charge is 0.381 e. The Morgan fingerprint density at radius 2 is 2.09 bits per heavy atom. The Morgan fingerprint density at radius 3 is 2.74 bits per heavy atom. The maximum atomic E-state index is 11.5. The minimum atomic E-state index is -3.84. The van der Waals surface area contributed by atoms with Crippen LogP contribution in [0.2, 0.25) is 0 Å². The monoisotopic (exact) mass is 350 g/mol. The molecule has 0 unspecified atom stereocenters. The molecule has 1 aromatic carbocycles. The minimum Gasteiger partial charge on any atom is -0.381 e. The number of nitrogen functional groups attached to an aromatic ring is 1. The van der Waals surface area contributed by atoms with Crippen molar-refractivity contribution >= 4 is 25.6 Å². The van der Waals surface area contributed by atoms with E-state index in [0.29, 0.717) is 17.1 Å². The number of hydrogen-bond donors (Lipinski definition) is 1. The number of benzene rings is 1. The first kappa shape index (κ1) is 15.4. The molecule has 0 bridgehead atoms. The Labute approximate surface area is 136 Å². The Balaban J connectivity index is 2.18. The summed E-state index contributed by atoms with van der Waals surface area (Å²) in [6, 6.07) is 4.53. The van der Waals surface area contributed by atoms with Crippen molar-refractivity contribution in [2.75, 3.05) is 5.73 Å². The van der Waals surface area contributed by atoms with Crippen molar-refractivity contribution in [3.05, 3.63) is 42.6 Å². The van der Waals surface area contributed by atoms with Gasteiger partial charge in [-0.1, -0.05) is 6.07 Å². The first-order chi connectivity index (χ1) is 10.9. The van der Waals surface area contributed by atoms with Gasteiger partial charge < -0.3 is 5.73 Å². The fourth-order valence-electron chi connectivity index (χ4n) is 2.03. The van der Waals surface area contributed by atoms with E-state index in [-0.39, 0.29) is 10.7 Å². The third kappa shape index (κ3) is 3.01. The van der Waals surface area contributed by atoms with Gasteiger partial charge in [0.25, 0.3) is 9.05 Å². The molecule has 0 saturated heterocycles. The predicted molar refractivity (Wildman–Crippen MR) is 84.6 cm³/mol. The van der Waals surface area contributed by atoms with Gasteiger partial charge in [-0.05, 0) is 24.6 Å². The first-order valence-corrected chi connectivity index (χ1v) is 8.70. The lowest BCUT2D eigenvalue weighted by atomic mass is 10.1. The van der Waals surface area contributed by atoms with Crippen molar-refractivity contribution in [3.8, 4) is 17.1 Å². The molecule has 2 aromatic heterocycles. The van der Waals surface area contributed by atoms with E-state index in [4.69, 9.17) is 16.4 Å². The van der Waals surface area contributed by atoms with E-state index in [1.165, 1.54) is 35.7 Å². The second-order valence-corrected chi connectivity index (χ2v) is 7.28. The molecule has 0 amide bonds. The standard InChI is InChI=1S/C13H11ClN6O2S/c1-8-2-3-9(23(14,21)22)4-10(8)11-5-17-12(15)13(19-11)20-7-16-6-18-20/h2-7H,1H3,(H2,15,17). The molecule has 0 aliphatic rings. The zero-order valence-corrected chi connectivity index (χ0v) is 13.5. The summed E-state index contributed by atoms with van der Waals surface area (Å²) in [4.78, 5) is 12.3. The number of aromatic nitrogens is 5. The molecular weight excluding hydrogens is 340 g/mol. The van der Waals surface area contributed by atoms with Crippen LogP contribution in [0.25, 0.3) is 17.1 Å². The van der Waals surface area contributed by atoms with Crippen LogP contribution in [0, 0.1) is 6.92 Å². The fourth-order valence-corrected chi connectivity index (χ4v) is 2.81. The van der Waals surface area contributed by atoms with Crippen molar-refractivity contribution in [2.24, 2.45) is 0 Å². The predicted octanol–water partition coefficient (Wildman–Crippen LogP) is 1.54. The fraction of sp³-hybridized carbons (Fsp3) is 0.0769. The van der Waals surface area contributed by atoms with Crippen molar-refractivity contribution in [3.63, 3.8) is 0 Å². The van der Waals surface area contributed by atoms with Crippen LogP contribution in [0.1, 0.15) is 5.56 Å². The second kappa shape index (κ2) is 5.60. The van der Waals surface area contributed by atoms with Crippen LogP contribution in [-0.2, 0) is 9.05 Å². The van der Waals surface area contributed by atoms with E-state index in [9.17, 15) is 8.42 Å². The minimum absolute atomic E-state index is 0.0132. The average Bonchev–Trinajstić information content (AvgIpc) is 3.01. The number of aryl methyl sites for hydroxylation is 1. The van der Waals surface area contributed by atoms with Gasteiger partial charge in [-0.25, -0.2) is 23.4 Å². The maximum Gasteiger partial charge on any atom is 0.261 e. The van der Waals surface area contributed by atoms with Gasteiger partial charge in [0.15, 0.2) is 11.6 Å². The molecule has 0 radical (unpaired) electrons. The summed E-state index contributed by atoms with van der Waals surface area (Å²) in [7, 11) is 1.56. The van der Waals surface area contributed by atoms with Gasteiger partial charge in [0.2, 0.25) is 0 Å². The normalized spacial score (nSPS) is 11.6. The third-order valence-corrected chi connectivity index (χ3v) is 4.54. The lowest BCUT2D eigenvalue weighted by molar-refractivity contribution is 0.609. The van der Waals surface area contributed by atoms with Crippen LogP contribution in [-0.4, -0.2) is 33.2 Å². The summed E-state index contributed by atoms with van der Waals surface area (Å²) in [6.45, 7) is 1.83. The van der Waals surface area contributed by atoms with Crippen LogP contribution in [0.5, 0.6) is 0 Å². The number of hydrogen-bond acceptors (Lipinski definition) is 7. The zero-order chi connectivity index (χ0) is 16.6. The molecule has 2 N–H and O–H groups in total. The molecule has 0 fully saturated rings. The number of anilines is 1.